The van der Waals surface area contributed by atoms with Crippen molar-refractivity contribution in [2.45, 2.75) is 76.0 Å². The number of hydrogen-bond donors (Lipinski definition) is 0. The van der Waals surface area contributed by atoms with Crippen molar-refractivity contribution in [2.75, 3.05) is 9.80 Å². The summed E-state index contributed by atoms with van der Waals surface area (Å²) in [5.41, 5.74) is 10.3. The van der Waals surface area contributed by atoms with Crippen molar-refractivity contribution in [1.82, 2.24) is 0 Å². The zero-order valence-electron chi connectivity index (χ0n) is 34.4. The molecule has 60 heavy (non-hydrogen) atoms. The predicted octanol–water partition coefficient (Wildman–Crippen LogP) is 17.3. The van der Waals surface area contributed by atoms with Gasteiger partial charge in [0.2, 0.25) is 0 Å². The van der Waals surface area contributed by atoms with Crippen molar-refractivity contribution in [3.05, 3.63) is 193 Å². The SMILES string of the molecule is c1ccc(N(c2ccc3ccccc3c2)c2ccc3c(C4CCCCC4)c4ccc(N(c5ccccc5)c5ccc6ccccc6c5)cc4c(C4CCCCC4)c3c2)cc1. The molecule has 0 aromatic heterocycles. The van der Waals surface area contributed by atoms with Crippen molar-refractivity contribution in [3.63, 3.8) is 0 Å². The number of anilines is 6. The third-order valence-electron chi connectivity index (χ3n) is 13.7. The minimum Gasteiger partial charge on any atom is -0.310 e. The minimum absolute atomic E-state index is 0.506. The van der Waals surface area contributed by atoms with Crippen molar-refractivity contribution >= 4 is 77.2 Å². The van der Waals surface area contributed by atoms with Gasteiger partial charge in [0, 0.05) is 34.1 Å². The standard InChI is InChI=1S/C58H52N2/c1-5-19-43(20-6-1)57-53-35-33-51(59(47-25-9-3-10-26-47)49-31-29-41-17-13-15-23-45(41)37-49)39-55(53)58(44-21-7-2-8-22-44)56-40-52(34-36-54(56)57)60(48-27-11-4-12-28-48)50-32-30-42-18-14-16-24-46(42)38-50/h3-4,9-18,23-40,43-44H,1-2,5-8,19-22H2. The van der Waals surface area contributed by atoms with E-state index in [1.807, 2.05) is 0 Å². The van der Waals surface area contributed by atoms with E-state index in [1.165, 1.54) is 141 Å². The molecule has 2 heteroatoms. The molecule has 0 aliphatic heterocycles. The van der Waals surface area contributed by atoms with Crippen molar-refractivity contribution in [2.24, 2.45) is 0 Å². The molecule has 9 aromatic rings. The van der Waals surface area contributed by atoms with Crippen LogP contribution in [0.25, 0.3) is 43.1 Å². The maximum absolute atomic E-state index is 2.58. The van der Waals surface area contributed by atoms with Crippen molar-refractivity contribution < 1.29 is 0 Å². The Hall–Kier alpha value is -6.38. The lowest BCUT2D eigenvalue weighted by Gasteiger charge is -2.32. The summed E-state index contributed by atoms with van der Waals surface area (Å²) in [5, 5.41) is 10.9. The lowest BCUT2D eigenvalue weighted by Crippen LogP contribution is -2.13. The summed E-state index contributed by atoms with van der Waals surface area (Å²) >= 11 is 0. The molecule has 294 valence electrons. The fraction of sp³-hybridized carbons (Fsp3) is 0.207. The second kappa shape index (κ2) is 16.0. The Kier molecular flexibility index (Phi) is 9.78. The van der Waals surface area contributed by atoms with Crippen LogP contribution in [-0.2, 0) is 0 Å². The van der Waals surface area contributed by atoms with Crippen LogP contribution in [0.15, 0.2) is 182 Å². The predicted molar refractivity (Wildman–Crippen MR) is 257 cm³/mol. The monoisotopic (exact) mass is 776 g/mol. The molecule has 9 aromatic carbocycles. The first-order valence-corrected chi connectivity index (χ1v) is 22.5. The van der Waals surface area contributed by atoms with Gasteiger partial charge in [-0.1, -0.05) is 148 Å². The van der Waals surface area contributed by atoms with Gasteiger partial charge in [0.05, 0.1) is 0 Å². The average Bonchev–Trinajstić information content (AvgIpc) is 3.32. The smallest absolute Gasteiger partial charge is 0.0468 e. The van der Waals surface area contributed by atoms with Gasteiger partial charge < -0.3 is 9.80 Å². The molecule has 2 fully saturated rings. The second-order valence-corrected chi connectivity index (χ2v) is 17.4. The summed E-state index contributed by atoms with van der Waals surface area (Å²) in [6.45, 7) is 0. The van der Waals surface area contributed by atoms with Crippen LogP contribution in [0.2, 0.25) is 0 Å². The number of rotatable bonds is 8. The summed E-state index contributed by atoms with van der Waals surface area (Å²) in [5.74, 6) is 1.06. The van der Waals surface area contributed by atoms with Gasteiger partial charge in [0.25, 0.3) is 0 Å². The van der Waals surface area contributed by atoms with E-state index < -0.39 is 0 Å². The third-order valence-corrected chi connectivity index (χ3v) is 13.7. The molecule has 0 amide bonds. The van der Waals surface area contributed by atoms with E-state index in [9.17, 15) is 0 Å². The molecule has 2 aliphatic carbocycles. The van der Waals surface area contributed by atoms with E-state index in [1.54, 1.807) is 11.1 Å². The van der Waals surface area contributed by atoms with Crippen LogP contribution >= 0.6 is 0 Å². The largest absolute Gasteiger partial charge is 0.310 e. The van der Waals surface area contributed by atoms with Gasteiger partial charge in [0.1, 0.15) is 0 Å². The van der Waals surface area contributed by atoms with Crippen LogP contribution in [0, 0.1) is 0 Å². The molecule has 0 bridgehead atoms. The van der Waals surface area contributed by atoms with Crippen LogP contribution in [0.1, 0.15) is 87.2 Å². The molecule has 0 radical (unpaired) electrons. The van der Waals surface area contributed by atoms with Gasteiger partial charge in [-0.3, -0.25) is 0 Å². The fourth-order valence-corrected chi connectivity index (χ4v) is 10.9. The molecular weight excluding hydrogens is 725 g/mol. The van der Waals surface area contributed by atoms with E-state index in [2.05, 4.69) is 192 Å². The summed E-state index contributed by atoms with van der Waals surface area (Å²) in [6, 6.07) is 68.3. The van der Waals surface area contributed by atoms with Crippen LogP contribution in [-0.4, -0.2) is 0 Å². The van der Waals surface area contributed by atoms with Gasteiger partial charge in [-0.2, -0.15) is 0 Å². The lowest BCUT2D eigenvalue weighted by molar-refractivity contribution is 0.445. The van der Waals surface area contributed by atoms with Crippen LogP contribution < -0.4 is 9.80 Å². The Labute approximate surface area is 354 Å². The Morgan fingerprint density at radius 3 is 1.05 bits per heavy atom. The zero-order chi connectivity index (χ0) is 39.8. The Morgan fingerprint density at radius 2 is 0.617 bits per heavy atom. The Balaban J connectivity index is 1.19. The van der Waals surface area contributed by atoms with Gasteiger partial charge in [-0.05, 0) is 165 Å². The van der Waals surface area contributed by atoms with Crippen LogP contribution in [0.5, 0.6) is 0 Å². The molecule has 0 heterocycles. The molecule has 0 unspecified atom stereocenters. The maximum atomic E-state index is 2.58. The molecule has 2 aliphatic rings. The van der Waals surface area contributed by atoms with E-state index in [0.29, 0.717) is 11.8 Å². The molecule has 11 rings (SSSR count). The number of nitrogens with zero attached hydrogens (tertiary/aromatic N) is 2. The highest BCUT2D eigenvalue weighted by Crippen LogP contribution is 2.50. The fourth-order valence-electron chi connectivity index (χ4n) is 10.9. The molecule has 0 spiro atoms. The summed E-state index contributed by atoms with van der Waals surface area (Å²) in [7, 11) is 0. The first kappa shape index (κ1) is 36.7. The highest BCUT2D eigenvalue weighted by Gasteiger charge is 2.28. The van der Waals surface area contributed by atoms with E-state index >= 15 is 0 Å². The lowest BCUT2D eigenvalue weighted by atomic mass is 9.74. The topological polar surface area (TPSA) is 6.48 Å². The Morgan fingerprint density at radius 1 is 0.267 bits per heavy atom. The van der Waals surface area contributed by atoms with Crippen molar-refractivity contribution in [1.29, 1.82) is 0 Å². The molecule has 0 N–H and O–H groups in total. The van der Waals surface area contributed by atoms with Crippen LogP contribution in [0.3, 0.4) is 0 Å². The molecule has 2 saturated carbocycles. The minimum atomic E-state index is 0.506. The highest BCUT2D eigenvalue weighted by molar-refractivity contribution is 6.09. The number of para-hydroxylation sites is 2. The average molecular weight is 777 g/mol. The maximum Gasteiger partial charge on any atom is 0.0468 e. The summed E-state index contributed by atoms with van der Waals surface area (Å²) in [4.78, 5) is 4.96. The first-order chi connectivity index (χ1) is 29.8. The third kappa shape index (κ3) is 6.79. The molecule has 0 saturated heterocycles. The molecule has 2 nitrogen and oxygen atoms in total. The van der Waals surface area contributed by atoms with Crippen molar-refractivity contribution in [3.8, 4) is 0 Å². The van der Waals surface area contributed by atoms with E-state index in [0.717, 1.165) is 0 Å². The van der Waals surface area contributed by atoms with E-state index in [4.69, 9.17) is 0 Å². The van der Waals surface area contributed by atoms with E-state index in [-0.39, 0.29) is 0 Å². The normalized spacial score (nSPS) is 15.2. The summed E-state index contributed by atoms with van der Waals surface area (Å²) < 4.78 is 0. The summed E-state index contributed by atoms with van der Waals surface area (Å²) in [6.07, 6.45) is 12.9. The van der Waals surface area contributed by atoms with Gasteiger partial charge in [-0.15, -0.1) is 0 Å². The quantitative estimate of drug-likeness (QED) is 0.142. The van der Waals surface area contributed by atoms with Gasteiger partial charge >= 0.3 is 0 Å². The number of benzene rings is 9. The number of fused-ring (bicyclic) bond motifs is 4. The highest BCUT2D eigenvalue weighted by atomic mass is 15.1. The molecular formula is C58H52N2. The first-order valence-electron chi connectivity index (χ1n) is 22.5. The van der Waals surface area contributed by atoms with Crippen LogP contribution in [0.4, 0.5) is 34.1 Å². The van der Waals surface area contributed by atoms with Gasteiger partial charge in [-0.25, -0.2) is 0 Å². The van der Waals surface area contributed by atoms with Gasteiger partial charge in [0.15, 0.2) is 0 Å². The zero-order valence-corrected chi connectivity index (χ0v) is 34.4. The number of hydrogen-bond acceptors (Lipinski definition) is 2. The second-order valence-electron chi connectivity index (χ2n) is 17.4. The molecule has 0 atom stereocenters. The Bertz CT molecular complexity index is 2770.